The molecular weight excluding hydrogens is 491 g/mol. The minimum atomic E-state index is -0.684. The number of fused-ring (bicyclic) bond motifs is 5. The van der Waals surface area contributed by atoms with E-state index in [-0.39, 0.29) is 40.0 Å². The zero-order valence-electron chi connectivity index (χ0n) is 19.2. The topological polar surface area (TPSA) is 92.8 Å². The highest BCUT2D eigenvalue weighted by Crippen LogP contribution is 2.59. The van der Waals surface area contributed by atoms with Gasteiger partial charge in [0.15, 0.2) is 6.61 Å². The van der Waals surface area contributed by atoms with Crippen molar-refractivity contribution in [1.82, 2.24) is 0 Å². The van der Waals surface area contributed by atoms with Crippen LogP contribution in [0.15, 0.2) is 42.5 Å². The molecule has 5 rings (SSSR count). The smallest absolute Gasteiger partial charge is 0.338 e. The quantitative estimate of drug-likeness (QED) is 0.368. The Labute approximate surface area is 212 Å². The number of benzene rings is 2. The number of nitrogens with zero attached hydrogens (tertiary/aromatic N) is 1. The second-order valence-electron chi connectivity index (χ2n) is 9.56. The Bertz CT molecular complexity index is 1180. The molecule has 2 saturated carbocycles. The number of amides is 3. The first-order valence-electron chi connectivity index (χ1n) is 11.5. The molecule has 2 aromatic rings. The Balaban J connectivity index is 1.21. The first-order chi connectivity index (χ1) is 16.7. The molecule has 6 atom stereocenters. The average Bonchev–Trinajstić information content (AvgIpc) is 3.42. The lowest BCUT2D eigenvalue weighted by atomic mass is 9.80. The van der Waals surface area contributed by atoms with Crippen molar-refractivity contribution in [1.29, 1.82) is 0 Å². The number of rotatable bonds is 5. The number of carbonyl (C=O) groups excluding carboxylic acids is 4. The van der Waals surface area contributed by atoms with Crippen molar-refractivity contribution in [3.8, 4) is 0 Å². The summed E-state index contributed by atoms with van der Waals surface area (Å²) in [6.45, 7) is 3.41. The summed E-state index contributed by atoms with van der Waals surface area (Å²) in [5, 5.41) is 2.08. The number of ether oxygens (including phenoxy) is 1. The molecule has 3 fully saturated rings. The maximum absolute atomic E-state index is 13.1. The number of halogens is 2. The summed E-state index contributed by atoms with van der Waals surface area (Å²) < 4.78 is 5.12. The molecule has 9 heteroatoms. The Morgan fingerprint density at radius 3 is 2.03 bits per heavy atom. The second-order valence-corrected chi connectivity index (χ2v) is 10.6. The van der Waals surface area contributed by atoms with E-state index in [0.29, 0.717) is 17.8 Å². The van der Waals surface area contributed by atoms with E-state index >= 15 is 0 Å². The average molecular weight is 515 g/mol. The highest BCUT2D eigenvalue weighted by Gasteiger charge is 2.66. The van der Waals surface area contributed by atoms with Crippen LogP contribution in [0, 0.1) is 37.5 Å². The molecule has 1 N–H and O–H groups in total. The molecule has 0 aromatic heterocycles. The summed E-state index contributed by atoms with van der Waals surface area (Å²) >= 11 is 12.8. The summed E-state index contributed by atoms with van der Waals surface area (Å²) in [5.41, 5.74) is 3.23. The van der Waals surface area contributed by atoms with E-state index in [1.807, 2.05) is 32.0 Å². The number of carbonyl (C=O) groups is 4. The van der Waals surface area contributed by atoms with Gasteiger partial charge in [0.25, 0.3) is 5.91 Å². The van der Waals surface area contributed by atoms with E-state index in [1.54, 1.807) is 0 Å². The highest BCUT2D eigenvalue weighted by atomic mass is 35.5. The first-order valence-corrected chi connectivity index (χ1v) is 12.3. The van der Waals surface area contributed by atoms with Gasteiger partial charge in [0.05, 0.1) is 33.8 Å². The van der Waals surface area contributed by atoms with Crippen molar-refractivity contribution in [2.24, 2.45) is 23.7 Å². The van der Waals surface area contributed by atoms with E-state index < -0.39 is 30.3 Å². The summed E-state index contributed by atoms with van der Waals surface area (Å²) in [7, 11) is 0. The van der Waals surface area contributed by atoms with Gasteiger partial charge >= 0.3 is 5.97 Å². The fraction of sp³-hybridized carbons (Fsp3) is 0.385. The monoisotopic (exact) mass is 514 g/mol. The predicted octanol–water partition coefficient (Wildman–Crippen LogP) is 4.07. The third kappa shape index (κ3) is 4.10. The molecule has 0 unspecified atom stereocenters. The number of imide groups is 1. The van der Waals surface area contributed by atoms with Crippen LogP contribution >= 0.6 is 23.2 Å². The standard InChI is InChI=1S/C26H24Cl2N2O5/c1-12-7-13(2)9-15(8-12)29-19(31)11-35-26(34)14-3-5-16(6-4-14)30-24(32)20-17-10-18(21(20)25(30)33)23(28)22(17)27/h3-9,17-18,20-23H,10-11H2,1-2H3,(H,29,31)/t17-,18-,20-,21-,22+,23+/m1/s1. The molecule has 0 spiro atoms. The predicted molar refractivity (Wildman–Crippen MR) is 132 cm³/mol. The van der Waals surface area contributed by atoms with Crippen LogP contribution in [0.1, 0.15) is 27.9 Å². The molecule has 2 bridgehead atoms. The van der Waals surface area contributed by atoms with E-state index in [2.05, 4.69) is 5.32 Å². The van der Waals surface area contributed by atoms with E-state index in [1.165, 1.54) is 29.2 Å². The summed E-state index contributed by atoms with van der Waals surface area (Å²) in [6, 6.07) is 11.6. The molecule has 0 radical (unpaired) electrons. The molecule has 35 heavy (non-hydrogen) atoms. The number of aryl methyl sites for hydroxylation is 2. The van der Waals surface area contributed by atoms with Crippen LogP contribution in [-0.4, -0.2) is 41.1 Å². The molecular formula is C26H24Cl2N2O5. The number of nitrogens with one attached hydrogen (secondary N) is 1. The van der Waals surface area contributed by atoms with Gasteiger partial charge in [0.2, 0.25) is 11.8 Å². The Hall–Kier alpha value is -2.90. The van der Waals surface area contributed by atoms with Gasteiger partial charge in [-0.05, 0) is 79.6 Å². The molecule has 7 nitrogen and oxygen atoms in total. The maximum Gasteiger partial charge on any atom is 0.338 e. The number of esters is 1. The SMILES string of the molecule is Cc1cc(C)cc(NC(=O)COC(=O)c2ccc(N3C(=O)[C@@H]4[C@H]5C[C@@H]([C@H](Cl)[C@H]5Cl)[C@H]4C3=O)cc2)c1. The van der Waals surface area contributed by atoms with E-state index in [4.69, 9.17) is 27.9 Å². The van der Waals surface area contributed by atoms with Crippen LogP contribution in [0.4, 0.5) is 11.4 Å². The number of hydrogen-bond acceptors (Lipinski definition) is 5. The van der Waals surface area contributed by atoms with Gasteiger partial charge in [-0.25, -0.2) is 4.79 Å². The van der Waals surface area contributed by atoms with E-state index in [9.17, 15) is 19.2 Å². The molecule has 1 heterocycles. The normalized spacial score (nSPS) is 28.9. The largest absolute Gasteiger partial charge is 0.452 e. The highest BCUT2D eigenvalue weighted by molar-refractivity contribution is 6.32. The van der Waals surface area contributed by atoms with Crippen molar-refractivity contribution in [2.45, 2.75) is 31.0 Å². The summed E-state index contributed by atoms with van der Waals surface area (Å²) in [5.74, 6) is -2.74. The van der Waals surface area contributed by atoms with Gasteiger partial charge in [-0.15, -0.1) is 23.2 Å². The van der Waals surface area contributed by atoms with Crippen LogP contribution in [0.2, 0.25) is 0 Å². The van der Waals surface area contributed by atoms with Gasteiger partial charge in [0, 0.05) is 5.69 Å². The van der Waals surface area contributed by atoms with E-state index in [0.717, 1.165) is 11.1 Å². The fourth-order valence-corrected chi connectivity index (χ4v) is 6.70. The van der Waals surface area contributed by atoms with Gasteiger partial charge in [-0.3, -0.25) is 19.3 Å². The molecule has 2 aliphatic carbocycles. The summed E-state index contributed by atoms with van der Waals surface area (Å²) in [6.07, 6.45) is 0.699. The van der Waals surface area contributed by atoms with Crippen molar-refractivity contribution >= 4 is 58.3 Å². The van der Waals surface area contributed by atoms with Gasteiger partial charge < -0.3 is 10.1 Å². The van der Waals surface area contributed by atoms with Crippen molar-refractivity contribution in [2.75, 3.05) is 16.8 Å². The first kappa shape index (κ1) is 23.8. The summed E-state index contributed by atoms with van der Waals surface area (Å²) in [4.78, 5) is 52.0. The molecule has 3 amide bonds. The third-order valence-electron chi connectivity index (χ3n) is 7.19. The minimum absolute atomic E-state index is 0.0975. The van der Waals surface area contributed by atoms with Crippen molar-refractivity contribution in [3.63, 3.8) is 0 Å². The molecule has 1 saturated heterocycles. The van der Waals surface area contributed by atoms with Crippen molar-refractivity contribution < 1.29 is 23.9 Å². The minimum Gasteiger partial charge on any atom is -0.452 e. The second kappa shape index (κ2) is 8.95. The van der Waals surface area contributed by atoms with Crippen molar-refractivity contribution in [3.05, 3.63) is 59.2 Å². The lowest BCUT2D eigenvalue weighted by molar-refractivity contribution is -0.123. The van der Waals surface area contributed by atoms with Crippen LogP contribution < -0.4 is 10.2 Å². The molecule has 3 aliphatic rings. The van der Waals surface area contributed by atoms with Gasteiger partial charge in [-0.1, -0.05) is 6.07 Å². The Morgan fingerprint density at radius 2 is 1.49 bits per heavy atom. The molecule has 2 aromatic carbocycles. The zero-order chi connectivity index (χ0) is 25.0. The maximum atomic E-state index is 13.1. The number of alkyl halides is 2. The lowest BCUT2D eigenvalue weighted by Gasteiger charge is -2.28. The fourth-order valence-electron chi connectivity index (χ4n) is 5.81. The lowest BCUT2D eigenvalue weighted by Crippen LogP contribution is -2.37. The molecule has 1 aliphatic heterocycles. The van der Waals surface area contributed by atoms with Gasteiger partial charge in [-0.2, -0.15) is 0 Å². The number of anilines is 2. The molecule has 182 valence electrons. The van der Waals surface area contributed by atoms with Crippen LogP contribution in [0.5, 0.6) is 0 Å². The van der Waals surface area contributed by atoms with Crippen LogP contribution in [-0.2, 0) is 19.1 Å². The van der Waals surface area contributed by atoms with Crippen LogP contribution in [0.3, 0.4) is 0 Å². The number of hydrogen-bond donors (Lipinski definition) is 1. The zero-order valence-corrected chi connectivity index (χ0v) is 20.7. The van der Waals surface area contributed by atoms with Crippen LogP contribution in [0.25, 0.3) is 0 Å². The Kier molecular flexibility index (Phi) is 6.09. The van der Waals surface area contributed by atoms with Gasteiger partial charge in [0.1, 0.15) is 0 Å². The Morgan fingerprint density at radius 1 is 0.943 bits per heavy atom. The third-order valence-corrected chi connectivity index (χ3v) is 8.51.